The Bertz CT molecular complexity index is 1230. The number of nitrogens with one attached hydrogen (secondary N) is 1. The summed E-state index contributed by atoms with van der Waals surface area (Å²) in [6.07, 6.45) is 3.46. The maximum Gasteiger partial charge on any atom is 0.175 e. The molecule has 0 amide bonds. The number of nitrogens with zero attached hydrogens (tertiary/aromatic N) is 2. The van der Waals surface area contributed by atoms with Gasteiger partial charge in [-0.05, 0) is 35.7 Å². The molecule has 5 nitrogen and oxygen atoms in total. The van der Waals surface area contributed by atoms with Crippen molar-refractivity contribution in [3.63, 3.8) is 0 Å². The molecule has 0 spiro atoms. The van der Waals surface area contributed by atoms with Gasteiger partial charge >= 0.3 is 0 Å². The summed E-state index contributed by atoms with van der Waals surface area (Å²) in [4.78, 5) is 8.96. The minimum Gasteiger partial charge on any atom is -0.362 e. The molecule has 0 bridgehead atoms. The molecule has 1 atom stereocenters. The molecule has 0 fully saturated rings. The van der Waals surface area contributed by atoms with Crippen molar-refractivity contribution in [1.82, 2.24) is 9.97 Å². The lowest BCUT2D eigenvalue weighted by Crippen LogP contribution is -2.15. The molecule has 3 aromatic carbocycles. The van der Waals surface area contributed by atoms with Crippen LogP contribution in [-0.4, -0.2) is 24.6 Å². The van der Waals surface area contributed by atoms with Gasteiger partial charge < -0.3 is 5.32 Å². The third kappa shape index (κ3) is 4.43. The summed E-state index contributed by atoms with van der Waals surface area (Å²) in [6.45, 7) is 0. The number of hydrogen-bond acceptors (Lipinski definition) is 5. The number of anilines is 1. The second-order valence-corrected chi connectivity index (χ2v) is 8.99. The van der Waals surface area contributed by atoms with Crippen LogP contribution in [0.2, 0.25) is 0 Å². The highest BCUT2D eigenvalue weighted by atomic mass is 32.2. The monoisotopic (exact) mass is 403 g/mol. The van der Waals surface area contributed by atoms with Crippen LogP contribution >= 0.6 is 0 Å². The van der Waals surface area contributed by atoms with Crippen molar-refractivity contribution in [2.75, 3.05) is 11.6 Å². The van der Waals surface area contributed by atoms with E-state index >= 15 is 0 Å². The Morgan fingerprint density at radius 2 is 1.59 bits per heavy atom. The highest BCUT2D eigenvalue weighted by Crippen LogP contribution is 2.28. The Hall–Kier alpha value is -3.25. The summed E-state index contributed by atoms with van der Waals surface area (Å²) in [6, 6.07) is 25.3. The Morgan fingerprint density at radius 1 is 0.897 bits per heavy atom. The number of aromatic nitrogens is 2. The van der Waals surface area contributed by atoms with E-state index in [2.05, 4.69) is 39.6 Å². The molecule has 1 aromatic heterocycles. The molecule has 6 heteroatoms. The second kappa shape index (κ2) is 8.01. The van der Waals surface area contributed by atoms with Crippen LogP contribution < -0.4 is 5.32 Å². The summed E-state index contributed by atoms with van der Waals surface area (Å²) in [7, 11) is -3.32. The molecule has 1 heterocycles. The minimum atomic E-state index is -3.32. The number of benzene rings is 3. The molecular formula is C23H21N3O2S. The standard InChI is InChI=1S/C23H21N3O2S/c1-29(27,28)19-12-13-21-20(15-19)23(25-16-24-21)26-22(18-10-6-3-7-11-18)14-17-8-4-2-5-9-17/h2-13,15-16,22H,14H2,1H3,(H,24,25,26). The fourth-order valence-electron chi connectivity index (χ4n) is 3.33. The fraction of sp³-hybridized carbons (Fsp3) is 0.130. The summed E-state index contributed by atoms with van der Waals surface area (Å²) in [5.74, 6) is 0.616. The Morgan fingerprint density at radius 3 is 2.28 bits per heavy atom. The van der Waals surface area contributed by atoms with E-state index in [4.69, 9.17) is 0 Å². The van der Waals surface area contributed by atoms with E-state index in [0.29, 0.717) is 16.7 Å². The van der Waals surface area contributed by atoms with Crippen LogP contribution in [-0.2, 0) is 16.3 Å². The van der Waals surface area contributed by atoms with Gasteiger partial charge in [0.2, 0.25) is 0 Å². The van der Waals surface area contributed by atoms with Crippen LogP contribution in [0.4, 0.5) is 5.82 Å². The van der Waals surface area contributed by atoms with Gasteiger partial charge in [-0.25, -0.2) is 18.4 Å². The van der Waals surface area contributed by atoms with Crippen LogP contribution in [0.3, 0.4) is 0 Å². The van der Waals surface area contributed by atoms with Crippen molar-refractivity contribution < 1.29 is 8.42 Å². The Labute approximate surface area is 170 Å². The number of rotatable bonds is 6. The molecular weight excluding hydrogens is 382 g/mol. The van der Waals surface area contributed by atoms with E-state index < -0.39 is 9.84 Å². The summed E-state index contributed by atoms with van der Waals surface area (Å²) in [5, 5.41) is 4.20. The van der Waals surface area contributed by atoms with Crippen LogP contribution in [0.1, 0.15) is 17.2 Å². The van der Waals surface area contributed by atoms with E-state index in [0.717, 1.165) is 12.0 Å². The zero-order valence-electron chi connectivity index (χ0n) is 16.0. The number of fused-ring (bicyclic) bond motifs is 1. The smallest absolute Gasteiger partial charge is 0.175 e. The highest BCUT2D eigenvalue weighted by molar-refractivity contribution is 7.90. The first-order valence-electron chi connectivity index (χ1n) is 9.31. The lowest BCUT2D eigenvalue weighted by atomic mass is 9.98. The maximum absolute atomic E-state index is 12.0. The molecule has 4 rings (SSSR count). The number of sulfone groups is 1. The van der Waals surface area contributed by atoms with Crippen LogP contribution in [0.5, 0.6) is 0 Å². The van der Waals surface area contributed by atoms with E-state index in [1.165, 1.54) is 18.1 Å². The highest BCUT2D eigenvalue weighted by Gasteiger charge is 2.16. The van der Waals surface area contributed by atoms with Gasteiger partial charge in [-0.3, -0.25) is 0 Å². The molecule has 146 valence electrons. The quantitative estimate of drug-likeness (QED) is 0.516. The van der Waals surface area contributed by atoms with Gasteiger partial charge in [-0.2, -0.15) is 0 Å². The molecule has 4 aromatic rings. The Balaban J connectivity index is 1.76. The number of hydrogen-bond donors (Lipinski definition) is 1. The van der Waals surface area contributed by atoms with Crippen LogP contribution in [0.15, 0.2) is 90.1 Å². The van der Waals surface area contributed by atoms with Crippen molar-refractivity contribution in [3.05, 3.63) is 96.3 Å². The molecule has 0 aliphatic heterocycles. The van der Waals surface area contributed by atoms with Gasteiger partial charge in [0.15, 0.2) is 9.84 Å². The van der Waals surface area contributed by atoms with Crippen molar-refractivity contribution in [3.8, 4) is 0 Å². The predicted octanol–water partition coefficient (Wildman–Crippen LogP) is 4.43. The summed E-state index contributed by atoms with van der Waals surface area (Å²) in [5.41, 5.74) is 3.02. The normalized spacial score (nSPS) is 12.6. The van der Waals surface area contributed by atoms with Gasteiger partial charge in [-0.15, -0.1) is 0 Å². The lowest BCUT2D eigenvalue weighted by Gasteiger charge is -2.21. The van der Waals surface area contributed by atoms with Gasteiger partial charge in [0, 0.05) is 11.6 Å². The van der Waals surface area contributed by atoms with Crippen LogP contribution in [0, 0.1) is 0 Å². The van der Waals surface area contributed by atoms with Crippen molar-refractivity contribution in [1.29, 1.82) is 0 Å². The third-order valence-corrected chi connectivity index (χ3v) is 5.94. The van der Waals surface area contributed by atoms with Crippen molar-refractivity contribution in [2.24, 2.45) is 0 Å². The zero-order valence-corrected chi connectivity index (χ0v) is 16.8. The van der Waals surface area contributed by atoms with E-state index in [-0.39, 0.29) is 10.9 Å². The molecule has 29 heavy (non-hydrogen) atoms. The van der Waals surface area contributed by atoms with Crippen molar-refractivity contribution in [2.45, 2.75) is 17.4 Å². The second-order valence-electron chi connectivity index (χ2n) is 6.97. The van der Waals surface area contributed by atoms with Crippen LogP contribution in [0.25, 0.3) is 10.9 Å². The van der Waals surface area contributed by atoms with Gasteiger partial charge in [0.1, 0.15) is 12.1 Å². The minimum absolute atomic E-state index is 0.0291. The van der Waals surface area contributed by atoms with Gasteiger partial charge in [0.05, 0.1) is 16.5 Å². The summed E-state index contributed by atoms with van der Waals surface area (Å²) >= 11 is 0. The first-order chi connectivity index (χ1) is 14.0. The van der Waals surface area contributed by atoms with E-state index in [1.807, 2.05) is 36.4 Å². The topological polar surface area (TPSA) is 72.0 Å². The SMILES string of the molecule is CS(=O)(=O)c1ccc2ncnc(NC(Cc3ccccc3)c3ccccc3)c2c1. The van der Waals surface area contributed by atoms with Gasteiger partial charge in [0.25, 0.3) is 0 Å². The first kappa shape index (κ1) is 19.1. The fourth-order valence-corrected chi connectivity index (χ4v) is 3.98. The van der Waals surface area contributed by atoms with Gasteiger partial charge in [-0.1, -0.05) is 60.7 Å². The molecule has 0 radical (unpaired) electrons. The molecule has 0 saturated carbocycles. The molecule has 1 unspecified atom stereocenters. The average molecular weight is 404 g/mol. The average Bonchev–Trinajstić information content (AvgIpc) is 2.74. The maximum atomic E-state index is 12.0. The van der Waals surface area contributed by atoms with Crippen molar-refractivity contribution >= 4 is 26.6 Å². The predicted molar refractivity (Wildman–Crippen MR) is 116 cm³/mol. The zero-order chi connectivity index (χ0) is 20.3. The largest absolute Gasteiger partial charge is 0.362 e. The molecule has 0 aliphatic rings. The lowest BCUT2D eigenvalue weighted by molar-refractivity contribution is 0.602. The van der Waals surface area contributed by atoms with E-state index in [9.17, 15) is 8.42 Å². The first-order valence-corrected chi connectivity index (χ1v) is 11.2. The molecule has 1 N–H and O–H groups in total. The van der Waals surface area contributed by atoms with E-state index in [1.54, 1.807) is 18.2 Å². The summed E-state index contributed by atoms with van der Waals surface area (Å²) < 4.78 is 24.0. The molecule has 0 saturated heterocycles. The third-order valence-electron chi connectivity index (χ3n) is 4.83. The Kier molecular flexibility index (Phi) is 5.27. The molecule has 0 aliphatic carbocycles.